The van der Waals surface area contributed by atoms with Crippen LogP contribution in [-0.4, -0.2) is 16.1 Å². The van der Waals surface area contributed by atoms with Gasteiger partial charge in [0.05, 0.1) is 0 Å². The normalized spacial score (nSPS) is 11.2. The molecule has 0 aliphatic rings. The molecular formula is C15H20FN3S. The van der Waals surface area contributed by atoms with E-state index in [0.29, 0.717) is 12.5 Å². The highest BCUT2D eigenvalue weighted by Crippen LogP contribution is 2.29. The molecule has 0 radical (unpaired) electrons. The van der Waals surface area contributed by atoms with E-state index in [1.165, 1.54) is 6.07 Å². The molecule has 108 valence electrons. The van der Waals surface area contributed by atoms with Gasteiger partial charge in [0.25, 0.3) is 0 Å². The van der Waals surface area contributed by atoms with E-state index in [1.807, 2.05) is 23.9 Å². The molecule has 1 aromatic heterocycles. The molecule has 1 heterocycles. The summed E-state index contributed by atoms with van der Waals surface area (Å²) < 4.78 is 15.4. The van der Waals surface area contributed by atoms with Crippen molar-refractivity contribution in [1.29, 1.82) is 0 Å². The van der Waals surface area contributed by atoms with Crippen LogP contribution in [0.4, 0.5) is 4.39 Å². The van der Waals surface area contributed by atoms with Crippen molar-refractivity contribution in [2.24, 2.45) is 13.0 Å². The zero-order valence-corrected chi connectivity index (χ0v) is 12.9. The minimum Gasteiger partial charge on any atom is -0.329 e. The first kappa shape index (κ1) is 15.1. The van der Waals surface area contributed by atoms with Crippen LogP contribution in [0.25, 0.3) is 0 Å². The van der Waals surface area contributed by atoms with Crippen LogP contribution >= 0.6 is 11.8 Å². The van der Waals surface area contributed by atoms with E-state index in [4.69, 9.17) is 0 Å². The fraction of sp³-hybridized carbons (Fsp3) is 0.400. The van der Waals surface area contributed by atoms with E-state index in [2.05, 4.69) is 24.1 Å². The Bertz CT molecular complexity index is 566. The molecule has 0 fully saturated rings. The smallest absolute Gasteiger partial charge is 0.172 e. The number of benzene rings is 1. The summed E-state index contributed by atoms with van der Waals surface area (Å²) in [7, 11) is 1.95. The number of halogens is 1. The molecule has 0 saturated carbocycles. The monoisotopic (exact) mass is 293 g/mol. The lowest BCUT2D eigenvalue weighted by atomic mass is 10.2. The minimum atomic E-state index is -0.199. The molecule has 20 heavy (non-hydrogen) atoms. The van der Waals surface area contributed by atoms with Crippen LogP contribution in [0.1, 0.15) is 19.4 Å². The first-order chi connectivity index (χ1) is 9.56. The quantitative estimate of drug-likeness (QED) is 0.884. The fourth-order valence-electron chi connectivity index (χ4n) is 1.83. The summed E-state index contributed by atoms with van der Waals surface area (Å²) >= 11 is 1.56. The number of nitrogens with one attached hydrogen (secondary N) is 1. The molecule has 0 atom stereocenters. The molecule has 2 rings (SSSR count). The van der Waals surface area contributed by atoms with E-state index in [9.17, 15) is 4.39 Å². The zero-order valence-electron chi connectivity index (χ0n) is 12.1. The molecule has 3 nitrogen and oxygen atoms in total. The summed E-state index contributed by atoms with van der Waals surface area (Å²) in [6.45, 7) is 5.90. The lowest BCUT2D eigenvalue weighted by molar-refractivity contribution is 0.547. The molecule has 0 saturated heterocycles. The number of imidazole rings is 1. The maximum atomic E-state index is 13.4. The summed E-state index contributed by atoms with van der Waals surface area (Å²) in [5.74, 6) is 0.379. The van der Waals surface area contributed by atoms with Crippen LogP contribution < -0.4 is 5.32 Å². The molecule has 1 aromatic carbocycles. The maximum Gasteiger partial charge on any atom is 0.172 e. The van der Waals surface area contributed by atoms with Gasteiger partial charge in [-0.1, -0.05) is 25.6 Å². The van der Waals surface area contributed by atoms with Crippen molar-refractivity contribution in [3.05, 3.63) is 42.0 Å². The second-order valence-electron chi connectivity index (χ2n) is 5.20. The van der Waals surface area contributed by atoms with Gasteiger partial charge >= 0.3 is 0 Å². The summed E-state index contributed by atoms with van der Waals surface area (Å²) in [4.78, 5) is 5.33. The van der Waals surface area contributed by atoms with Gasteiger partial charge in [-0.2, -0.15) is 0 Å². The van der Waals surface area contributed by atoms with Crippen molar-refractivity contribution in [2.75, 3.05) is 6.54 Å². The van der Waals surface area contributed by atoms with E-state index in [-0.39, 0.29) is 5.82 Å². The molecular weight excluding hydrogens is 273 g/mol. The minimum absolute atomic E-state index is 0.199. The van der Waals surface area contributed by atoms with Crippen molar-refractivity contribution in [3.8, 4) is 0 Å². The summed E-state index contributed by atoms with van der Waals surface area (Å²) in [6.07, 6.45) is 3.67. The molecule has 1 N–H and O–H groups in total. The maximum absolute atomic E-state index is 13.4. The lowest BCUT2D eigenvalue weighted by Crippen LogP contribution is -2.19. The van der Waals surface area contributed by atoms with E-state index in [0.717, 1.165) is 22.2 Å². The molecule has 0 spiro atoms. The highest BCUT2D eigenvalue weighted by atomic mass is 32.2. The average molecular weight is 293 g/mol. The predicted octanol–water partition coefficient (Wildman–Crippen LogP) is 3.46. The van der Waals surface area contributed by atoms with Crippen LogP contribution in [0.2, 0.25) is 0 Å². The predicted molar refractivity (Wildman–Crippen MR) is 80.3 cm³/mol. The Morgan fingerprint density at radius 2 is 2.20 bits per heavy atom. The molecule has 0 aliphatic carbocycles. The summed E-state index contributed by atoms with van der Waals surface area (Å²) in [5, 5.41) is 4.26. The third-order valence-corrected chi connectivity index (χ3v) is 4.06. The first-order valence-corrected chi connectivity index (χ1v) is 7.52. The second-order valence-corrected chi connectivity index (χ2v) is 6.21. The van der Waals surface area contributed by atoms with Gasteiger partial charge < -0.3 is 9.88 Å². The molecule has 2 aromatic rings. The van der Waals surface area contributed by atoms with Crippen LogP contribution in [-0.2, 0) is 13.6 Å². The number of rotatable bonds is 6. The molecule has 0 aliphatic heterocycles. The Labute approximate surface area is 123 Å². The van der Waals surface area contributed by atoms with E-state index < -0.39 is 0 Å². The highest BCUT2D eigenvalue weighted by Gasteiger charge is 2.09. The largest absolute Gasteiger partial charge is 0.329 e. The third-order valence-electron chi connectivity index (χ3n) is 2.87. The Balaban J connectivity index is 2.13. The zero-order chi connectivity index (χ0) is 14.5. The van der Waals surface area contributed by atoms with E-state index in [1.54, 1.807) is 24.0 Å². The van der Waals surface area contributed by atoms with Crippen LogP contribution in [0.3, 0.4) is 0 Å². The van der Waals surface area contributed by atoms with Crippen molar-refractivity contribution in [2.45, 2.75) is 30.4 Å². The van der Waals surface area contributed by atoms with Gasteiger partial charge in [-0.05, 0) is 36.2 Å². The highest BCUT2D eigenvalue weighted by molar-refractivity contribution is 7.99. The number of hydrogen-bond donors (Lipinski definition) is 1. The Morgan fingerprint density at radius 3 is 2.85 bits per heavy atom. The second kappa shape index (κ2) is 6.90. The fourth-order valence-corrected chi connectivity index (χ4v) is 2.74. The van der Waals surface area contributed by atoms with Crippen LogP contribution in [0.5, 0.6) is 0 Å². The van der Waals surface area contributed by atoms with Crippen molar-refractivity contribution < 1.29 is 4.39 Å². The standard InChI is InChI=1S/C15H20FN3S/c1-11(2)9-17-10-12-8-13(16)4-5-14(12)20-15-18-6-7-19(15)3/h4-8,11,17H,9-10H2,1-3H3. The van der Waals surface area contributed by atoms with Crippen molar-refractivity contribution in [1.82, 2.24) is 14.9 Å². The van der Waals surface area contributed by atoms with Crippen LogP contribution in [0.15, 0.2) is 40.6 Å². The SMILES string of the molecule is CC(C)CNCc1cc(F)ccc1Sc1nccn1C. The van der Waals surface area contributed by atoms with Gasteiger partial charge in [0, 0.05) is 30.9 Å². The topological polar surface area (TPSA) is 29.9 Å². The summed E-state index contributed by atoms with van der Waals surface area (Å²) in [6, 6.07) is 4.91. The molecule has 0 amide bonds. The summed E-state index contributed by atoms with van der Waals surface area (Å²) in [5.41, 5.74) is 0.971. The Kier molecular flexibility index (Phi) is 5.20. The van der Waals surface area contributed by atoms with Crippen molar-refractivity contribution in [3.63, 3.8) is 0 Å². The van der Waals surface area contributed by atoms with E-state index >= 15 is 0 Å². The van der Waals surface area contributed by atoms with Gasteiger partial charge in [-0.25, -0.2) is 9.37 Å². The number of aryl methyl sites for hydroxylation is 1. The Morgan fingerprint density at radius 1 is 1.40 bits per heavy atom. The molecule has 0 unspecified atom stereocenters. The third kappa shape index (κ3) is 4.08. The number of hydrogen-bond acceptors (Lipinski definition) is 3. The van der Waals surface area contributed by atoms with Crippen LogP contribution in [0, 0.1) is 11.7 Å². The van der Waals surface area contributed by atoms with Crippen molar-refractivity contribution >= 4 is 11.8 Å². The number of aromatic nitrogens is 2. The number of nitrogens with zero attached hydrogens (tertiary/aromatic N) is 2. The average Bonchev–Trinajstić information content (AvgIpc) is 2.78. The first-order valence-electron chi connectivity index (χ1n) is 6.70. The van der Waals surface area contributed by atoms with Gasteiger partial charge in [-0.15, -0.1) is 0 Å². The van der Waals surface area contributed by atoms with Gasteiger partial charge in [0.15, 0.2) is 5.16 Å². The van der Waals surface area contributed by atoms with Gasteiger partial charge in [0.1, 0.15) is 5.82 Å². The Hall–Kier alpha value is -1.33. The van der Waals surface area contributed by atoms with Gasteiger partial charge in [0.2, 0.25) is 0 Å². The molecule has 5 heteroatoms. The lowest BCUT2D eigenvalue weighted by Gasteiger charge is -2.11. The molecule has 0 bridgehead atoms. The van der Waals surface area contributed by atoms with Gasteiger partial charge in [-0.3, -0.25) is 0 Å².